The smallest absolute Gasteiger partial charge is 0.258 e. The van der Waals surface area contributed by atoms with Gasteiger partial charge in [-0.25, -0.2) is 0 Å². The highest BCUT2D eigenvalue weighted by molar-refractivity contribution is 8.01. The first-order valence-electron chi connectivity index (χ1n) is 4.10. The lowest BCUT2D eigenvalue weighted by Gasteiger charge is -2.12. The van der Waals surface area contributed by atoms with E-state index in [4.69, 9.17) is 5.21 Å². The fourth-order valence-electron chi connectivity index (χ4n) is 2.29. The summed E-state index contributed by atoms with van der Waals surface area (Å²) in [4.78, 5) is 22.8. The molecule has 2 amide bonds. The largest absolute Gasteiger partial charge is 0.278 e. The number of carbonyl (C=O) groups excluding carboxylic acids is 2. The molecule has 4 nitrogen and oxygen atoms in total. The van der Waals surface area contributed by atoms with Gasteiger partial charge in [0.2, 0.25) is 0 Å². The van der Waals surface area contributed by atoms with Gasteiger partial charge in [-0.3, -0.25) is 14.8 Å². The Morgan fingerprint density at radius 2 is 1.62 bits per heavy atom. The highest BCUT2D eigenvalue weighted by atomic mass is 32.2. The van der Waals surface area contributed by atoms with Crippen LogP contribution in [-0.2, 0) is 9.59 Å². The van der Waals surface area contributed by atoms with E-state index in [1.54, 1.807) is 11.8 Å². The van der Waals surface area contributed by atoms with E-state index in [1.165, 1.54) is 0 Å². The van der Waals surface area contributed by atoms with Crippen LogP contribution in [0.25, 0.3) is 0 Å². The molecule has 3 aliphatic rings. The number of thioether (sulfide) groups is 1. The molecule has 0 unspecified atom stereocenters. The van der Waals surface area contributed by atoms with Gasteiger partial charge in [-0.05, 0) is 0 Å². The van der Waals surface area contributed by atoms with Crippen molar-refractivity contribution in [3.63, 3.8) is 0 Å². The van der Waals surface area contributed by atoms with Crippen molar-refractivity contribution in [2.45, 2.75) is 10.5 Å². The van der Waals surface area contributed by atoms with Crippen LogP contribution in [0, 0.1) is 11.8 Å². The molecule has 4 atom stereocenters. The Morgan fingerprint density at radius 1 is 1.15 bits per heavy atom. The Morgan fingerprint density at radius 3 is 2.08 bits per heavy atom. The molecule has 2 saturated heterocycles. The number of imide groups is 1. The molecule has 0 spiro atoms. The monoisotopic (exact) mass is 197 g/mol. The van der Waals surface area contributed by atoms with Gasteiger partial charge in [0, 0.05) is 10.5 Å². The van der Waals surface area contributed by atoms with Crippen molar-refractivity contribution in [2.24, 2.45) is 11.8 Å². The predicted molar refractivity (Wildman–Crippen MR) is 44.9 cm³/mol. The fraction of sp³-hybridized carbons (Fsp3) is 0.500. The van der Waals surface area contributed by atoms with E-state index in [-0.39, 0.29) is 22.3 Å². The lowest BCUT2D eigenvalue weighted by Crippen LogP contribution is -2.29. The minimum absolute atomic E-state index is 0.101. The summed E-state index contributed by atoms with van der Waals surface area (Å²) in [6, 6.07) is 0. The average molecular weight is 197 g/mol. The van der Waals surface area contributed by atoms with Crippen LogP contribution in [0.15, 0.2) is 12.2 Å². The van der Waals surface area contributed by atoms with Crippen LogP contribution < -0.4 is 0 Å². The van der Waals surface area contributed by atoms with E-state index >= 15 is 0 Å². The van der Waals surface area contributed by atoms with Gasteiger partial charge in [-0.2, -0.15) is 5.06 Å². The Bertz CT molecular complexity index is 310. The van der Waals surface area contributed by atoms with Crippen molar-refractivity contribution >= 4 is 23.6 Å². The number of hydroxylamine groups is 2. The van der Waals surface area contributed by atoms with Crippen LogP contribution in [0.3, 0.4) is 0 Å². The molecule has 0 aromatic heterocycles. The summed E-state index contributed by atoms with van der Waals surface area (Å²) < 4.78 is 0. The second kappa shape index (κ2) is 2.16. The molecular weight excluding hydrogens is 190 g/mol. The molecule has 0 aromatic rings. The zero-order valence-electron chi connectivity index (χ0n) is 6.58. The summed E-state index contributed by atoms with van der Waals surface area (Å²) in [5.74, 6) is -1.48. The Kier molecular flexibility index (Phi) is 1.26. The van der Waals surface area contributed by atoms with Crippen LogP contribution in [-0.4, -0.2) is 32.6 Å². The molecule has 0 aromatic carbocycles. The van der Waals surface area contributed by atoms with E-state index in [2.05, 4.69) is 0 Å². The summed E-state index contributed by atoms with van der Waals surface area (Å²) >= 11 is 1.64. The van der Waals surface area contributed by atoms with Crippen molar-refractivity contribution in [3.8, 4) is 0 Å². The van der Waals surface area contributed by atoms with Crippen LogP contribution in [0.2, 0.25) is 0 Å². The standard InChI is InChI=1S/C8H7NO3S/c10-7-5-3-1-2-4(13-3)6(5)8(11)9(7)12/h1-6,12H/t3-,4+,5+,6-. The fourth-order valence-corrected chi connectivity index (χ4v) is 3.92. The SMILES string of the molecule is O=C1[C@@H]2[C@H](C(=O)N1O)[C@@H]1C=C[C@H]2S1. The maximum atomic E-state index is 11.4. The normalized spacial score (nSPS) is 46.4. The molecule has 0 saturated carbocycles. The first-order valence-corrected chi connectivity index (χ1v) is 5.05. The van der Waals surface area contributed by atoms with Crippen molar-refractivity contribution < 1.29 is 14.8 Å². The highest BCUT2D eigenvalue weighted by Gasteiger charge is 2.60. The Labute approximate surface area is 78.5 Å². The second-order valence-corrected chi connectivity index (χ2v) is 4.85. The first-order chi connectivity index (χ1) is 6.20. The lowest BCUT2D eigenvalue weighted by atomic mass is 9.85. The third-order valence-electron chi connectivity index (χ3n) is 2.89. The van der Waals surface area contributed by atoms with E-state index in [0.717, 1.165) is 0 Å². The lowest BCUT2D eigenvalue weighted by molar-refractivity contribution is -0.173. The van der Waals surface area contributed by atoms with Crippen molar-refractivity contribution in [2.75, 3.05) is 0 Å². The van der Waals surface area contributed by atoms with E-state index < -0.39 is 11.8 Å². The van der Waals surface area contributed by atoms with E-state index in [9.17, 15) is 9.59 Å². The molecule has 3 heterocycles. The molecule has 2 bridgehead atoms. The molecule has 68 valence electrons. The van der Waals surface area contributed by atoms with E-state index in [0.29, 0.717) is 5.06 Å². The molecule has 0 aliphatic carbocycles. The molecule has 3 rings (SSSR count). The van der Waals surface area contributed by atoms with Gasteiger partial charge in [-0.15, -0.1) is 11.8 Å². The third-order valence-corrected chi connectivity index (χ3v) is 4.42. The van der Waals surface area contributed by atoms with Crippen molar-refractivity contribution in [1.82, 2.24) is 5.06 Å². The van der Waals surface area contributed by atoms with Crippen LogP contribution >= 0.6 is 11.8 Å². The summed E-state index contributed by atoms with van der Waals surface area (Å²) in [6.07, 6.45) is 3.92. The topological polar surface area (TPSA) is 57.6 Å². The first kappa shape index (κ1) is 7.58. The number of hydrogen-bond donors (Lipinski definition) is 1. The average Bonchev–Trinajstić information content (AvgIpc) is 2.76. The zero-order chi connectivity index (χ0) is 9.16. The van der Waals surface area contributed by atoms with Crippen molar-refractivity contribution in [1.29, 1.82) is 0 Å². The van der Waals surface area contributed by atoms with Crippen LogP contribution in [0.1, 0.15) is 0 Å². The minimum atomic E-state index is -0.431. The molecule has 3 aliphatic heterocycles. The highest BCUT2D eigenvalue weighted by Crippen LogP contribution is 2.52. The van der Waals surface area contributed by atoms with Gasteiger partial charge < -0.3 is 0 Å². The summed E-state index contributed by atoms with van der Waals surface area (Å²) in [5, 5.41) is 9.63. The van der Waals surface area contributed by atoms with Gasteiger partial charge in [0.25, 0.3) is 11.8 Å². The second-order valence-electron chi connectivity index (χ2n) is 3.49. The molecule has 13 heavy (non-hydrogen) atoms. The van der Waals surface area contributed by atoms with Gasteiger partial charge in [0.15, 0.2) is 0 Å². The van der Waals surface area contributed by atoms with Gasteiger partial charge in [0.05, 0.1) is 11.8 Å². The number of carbonyl (C=O) groups is 2. The van der Waals surface area contributed by atoms with Crippen molar-refractivity contribution in [3.05, 3.63) is 12.2 Å². The number of fused-ring (bicyclic) bond motifs is 5. The number of hydrogen-bond acceptors (Lipinski definition) is 4. The van der Waals surface area contributed by atoms with Gasteiger partial charge in [0.1, 0.15) is 0 Å². The number of nitrogens with zero attached hydrogens (tertiary/aromatic N) is 1. The summed E-state index contributed by atoms with van der Waals surface area (Å²) in [6.45, 7) is 0. The molecular formula is C8H7NO3S. The number of amides is 2. The quantitative estimate of drug-likeness (QED) is 0.338. The Balaban J connectivity index is 2.08. The van der Waals surface area contributed by atoms with Crippen LogP contribution in [0.4, 0.5) is 0 Å². The molecule has 1 N–H and O–H groups in total. The molecule has 5 heteroatoms. The van der Waals surface area contributed by atoms with Gasteiger partial charge >= 0.3 is 0 Å². The molecule has 0 radical (unpaired) electrons. The maximum absolute atomic E-state index is 11.4. The predicted octanol–water partition coefficient (Wildman–Crippen LogP) is 0.0306. The van der Waals surface area contributed by atoms with Gasteiger partial charge in [-0.1, -0.05) is 12.2 Å². The zero-order valence-corrected chi connectivity index (χ0v) is 7.40. The summed E-state index contributed by atoms with van der Waals surface area (Å²) in [5.41, 5.74) is 0. The van der Waals surface area contributed by atoms with E-state index in [1.807, 2.05) is 12.2 Å². The third kappa shape index (κ3) is 0.722. The minimum Gasteiger partial charge on any atom is -0.278 e. The summed E-state index contributed by atoms with van der Waals surface area (Å²) in [7, 11) is 0. The Hall–Kier alpha value is -0.810. The maximum Gasteiger partial charge on any atom is 0.258 e. The number of rotatable bonds is 0. The molecule has 2 fully saturated rings. The van der Waals surface area contributed by atoms with Crippen LogP contribution in [0.5, 0.6) is 0 Å².